The van der Waals surface area contributed by atoms with Crippen molar-refractivity contribution in [3.8, 4) is 0 Å². The van der Waals surface area contributed by atoms with Crippen molar-refractivity contribution in [2.24, 2.45) is 0 Å². The van der Waals surface area contributed by atoms with Gasteiger partial charge in [0.2, 0.25) is 0 Å². The third kappa shape index (κ3) is 4.20. The van der Waals surface area contributed by atoms with E-state index in [1.165, 1.54) is 22.7 Å². The lowest BCUT2D eigenvalue weighted by Crippen LogP contribution is -2.29. The minimum Gasteiger partial charge on any atom is -0.347 e. The molecule has 0 saturated heterocycles. The number of amides is 1. The van der Waals surface area contributed by atoms with Gasteiger partial charge in [0.05, 0.1) is 5.56 Å². The molecule has 1 atom stereocenters. The van der Waals surface area contributed by atoms with Crippen LogP contribution in [0.5, 0.6) is 0 Å². The number of nitrogens with zero attached hydrogens (tertiary/aromatic N) is 1. The number of carbonyl (C=O) groups is 1. The lowest BCUT2D eigenvalue weighted by molar-refractivity contribution is 0.0954. The van der Waals surface area contributed by atoms with Crippen LogP contribution in [0.25, 0.3) is 4.83 Å². The van der Waals surface area contributed by atoms with Gasteiger partial charge in [-0.3, -0.25) is 19.0 Å². The summed E-state index contributed by atoms with van der Waals surface area (Å²) in [5, 5.41) is 2.77. The second-order valence-electron chi connectivity index (χ2n) is 7.12. The number of carbonyl (C=O) groups excluding carboxylic acids is 1. The molecule has 1 amide bonds. The summed E-state index contributed by atoms with van der Waals surface area (Å²) in [4.78, 5) is 41.0. The van der Waals surface area contributed by atoms with Crippen molar-refractivity contribution < 1.29 is 9.18 Å². The van der Waals surface area contributed by atoms with Gasteiger partial charge in [-0.05, 0) is 29.7 Å². The highest BCUT2D eigenvalue weighted by Gasteiger charge is 2.23. The molecule has 6 nitrogen and oxygen atoms in total. The molecular formula is C23H20FN3O3S. The van der Waals surface area contributed by atoms with Crippen molar-refractivity contribution in [2.75, 3.05) is 0 Å². The molecule has 0 aliphatic rings. The predicted octanol–water partition coefficient (Wildman–Crippen LogP) is 3.66. The normalized spacial score (nSPS) is 12.1. The van der Waals surface area contributed by atoms with Crippen LogP contribution >= 0.6 is 11.3 Å². The molecule has 4 rings (SSSR count). The molecule has 0 fully saturated rings. The van der Waals surface area contributed by atoms with Crippen LogP contribution in [0.1, 0.15) is 45.6 Å². The van der Waals surface area contributed by atoms with E-state index < -0.39 is 11.2 Å². The highest BCUT2D eigenvalue weighted by atomic mass is 32.1. The summed E-state index contributed by atoms with van der Waals surface area (Å²) in [6, 6.07) is 15.4. The molecule has 0 radical (unpaired) electrons. The van der Waals surface area contributed by atoms with Crippen LogP contribution < -0.4 is 16.6 Å². The smallest absolute Gasteiger partial charge is 0.333 e. The van der Waals surface area contributed by atoms with Crippen LogP contribution in [-0.2, 0) is 6.54 Å². The van der Waals surface area contributed by atoms with E-state index in [4.69, 9.17) is 0 Å². The fourth-order valence-electron chi connectivity index (χ4n) is 3.59. The average molecular weight is 437 g/mol. The Kier molecular flexibility index (Phi) is 5.81. The van der Waals surface area contributed by atoms with Crippen molar-refractivity contribution in [1.82, 2.24) is 14.7 Å². The monoisotopic (exact) mass is 437 g/mol. The largest absolute Gasteiger partial charge is 0.347 e. The summed E-state index contributed by atoms with van der Waals surface area (Å²) in [6.45, 7) is 2.19. The van der Waals surface area contributed by atoms with Crippen molar-refractivity contribution in [2.45, 2.75) is 25.8 Å². The molecule has 2 N–H and O–H groups in total. The number of H-pyrrole nitrogens is 1. The number of aromatic amines is 1. The molecular weight excluding hydrogens is 417 g/mol. The second-order valence-corrected chi connectivity index (χ2v) is 8.15. The number of hydrogen-bond acceptors (Lipinski definition) is 4. The van der Waals surface area contributed by atoms with E-state index in [2.05, 4.69) is 10.3 Å². The van der Waals surface area contributed by atoms with Gasteiger partial charge >= 0.3 is 5.69 Å². The van der Waals surface area contributed by atoms with E-state index in [9.17, 15) is 18.8 Å². The number of fused-ring (bicyclic) bond motifs is 1. The Labute approximate surface area is 181 Å². The fraction of sp³-hybridized carbons (Fsp3) is 0.174. The van der Waals surface area contributed by atoms with Gasteiger partial charge in [-0.1, -0.05) is 49.4 Å². The number of benzene rings is 2. The number of nitrogens with one attached hydrogen (secondary N) is 2. The Morgan fingerprint density at radius 1 is 1.13 bits per heavy atom. The first-order chi connectivity index (χ1) is 15.0. The number of thiazole rings is 1. The van der Waals surface area contributed by atoms with Crippen LogP contribution in [0.2, 0.25) is 0 Å². The molecule has 2 heterocycles. The molecule has 31 heavy (non-hydrogen) atoms. The van der Waals surface area contributed by atoms with E-state index in [-0.39, 0.29) is 24.2 Å². The summed E-state index contributed by atoms with van der Waals surface area (Å²) in [6.07, 6.45) is 2.10. The van der Waals surface area contributed by atoms with E-state index >= 15 is 0 Å². The van der Waals surface area contributed by atoms with Gasteiger partial charge in [-0.15, -0.1) is 11.3 Å². The summed E-state index contributed by atoms with van der Waals surface area (Å²) in [5.74, 6) is -0.932. The van der Waals surface area contributed by atoms with Gasteiger partial charge in [-0.2, -0.15) is 0 Å². The quantitative estimate of drug-likeness (QED) is 0.483. The number of hydrogen-bond donors (Lipinski definition) is 2. The molecule has 2 aromatic carbocycles. The average Bonchev–Trinajstić information content (AvgIpc) is 3.22. The minimum absolute atomic E-state index is 0.214. The number of aromatic nitrogens is 2. The van der Waals surface area contributed by atoms with Crippen LogP contribution in [0, 0.1) is 5.82 Å². The van der Waals surface area contributed by atoms with Crippen molar-refractivity contribution in [3.05, 3.63) is 109 Å². The van der Waals surface area contributed by atoms with Crippen LogP contribution in [0.4, 0.5) is 4.39 Å². The minimum atomic E-state index is -0.583. The van der Waals surface area contributed by atoms with E-state index in [1.54, 1.807) is 12.1 Å². The second kappa shape index (κ2) is 8.69. The standard InChI is InChI=1S/C23H20FN3O3S/c1-2-17(15-6-4-3-5-7-15)19-21(29)26-23(30)27-13-18(31-22(19)27)20(28)25-12-14-8-10-16(24)11-9-14/h3-11,13,17H,2,12H2,1H3,(H,25,28)(H,26,29,30). The highest BCUT2D eigenvalue weighted by Crippen LogP contribution is 2.30. The van der Waals surface area contributed by atoms with Gasteiger partial charge in [0.15, 0.2) is 0 Å². The molecule has 0 aliphatic carbocycles. The molecule has 0 saturated carbocycles. The molecule has 4 aromatic rings. The van der Waals surface area contributed by atoms with Gasteiger partial charge < -0.3 is 5.32 Å². The summed E-state index contributed by atoms with van der Waals surface area (Å²) < 4.78 is 14.4. The lowest BCUT2D eigenvalue weighted by atomic mass is 9.91. The predicted molar refractivity (Wildman–Crippen MR) is 118 cm³/mol. The molecule has 0 bridgehead atoms. The molecule has 1 unspecified atom stereocenters. The maximum absolute atomic E-state index is 13.0. The zero-order chi connectivity index (χ0) is 22.0. The number of rotatable bonds is 6. The maximum Gasteiger partial charge on any atom is 0.333 e. The summed E-state index contributed by atoms with van der Waals surface area (Å²) >= 11 is 1.11. The van der Waals surface area contributed by atoms with E-state index in [0.29, 0.717) is 21.7 Å². The maximum atomic E-state index is 13.0. The number of halogens is 1. The van der Waals surface area contributed by atoms with Crippen molar-refractivity contribution >= 4 is 22.1 Å². The molecule has 0 aliphatic heterocycles. The Balaban J connectivity index is 1.71. The van der Waals surface area contributed by atoms with Gasteiger partial charge in [0, 0.05) is 18.7 Å². The molecule has 8 heteroatoms. The molecule has 2 aromatic heterocycles. The van der Waals surface area contributed by atoms with Gasteiger partial charge in [0.1, 0.15) is 15.5 Å². The van der Waals surface area contributed by atoms with Crippen LogP contribution in [0.15, 0.2) is 70.4 Å². The van der Waals surface area contributed by atoms with Gasteiger partial charge in [0.25, 0.3) is 11.5 Å². The lowest BCUT2D eigenvalue weighted by Gasteiger charge is -2.15. The highest BCUT2D eigenvalue weighted by molar-refractivity contribution is 7.19. The first kappa shape index (κ1) is 20.7. The van der Waals surface area contributed by atoms with Crippen LogP contribution in [0.3, 0.4) is 0 Å². The first-order valence-corrected chi connectivity index (χ1v) is 10.7. The molecule has 158 valence electrons. The van der Waals surface area contributed by atoms with Gasteiger partial charge in [-0.25, -0.2) is 9.18 Å². The van der Waals surface area contributed by atoms with E-state index in [0.717, 1.165) is 22.5 Å². The summed E-state index contributed by atoms with van der Waals surface area (Å²) in [5.41, 5.74) is 1.16. The van der Waals surface area contributed by atoms with Crippen molar-refractivity contribution in [1.29, 1.82) is 0 Å². The Morgan fingerprint density at radius 3 is 2.52 bits per heavy atom. The topological polar surface area (TPSA) is 83.4 Å². The van der Waals surface area contributed by atoms with Crippen LogP contribution in [-0.4, -0.2) is 15.3 Å². The van der Waals surface area contributed by atoms with E-state index in [1.807, 2.05) is 37.3 Å². The fourth-order valence-corrected chi connectivity index (χ4v) is 4.70. The Hall–Kier alpha value is -3.52. The Bertz CT molecular complexity index is 1340. The third-order valence-corrected chi connectivity index (χ3v) is 6.26. The summed E-state index contributed by atoms with van der Waals surface area (Å²) in [7, 11) is 0. The zero-order valence-electron chi connectivity index (χ0n) is 16.7. The zero-order valence-corrected chi connectivity index (χ0v) is 17.5. The third-order valence-electron chi connectivity index (χ3n) is 5.13. The first-order valence-electron chi connectivity index (χ1n) is 9.84. The SMILES string of the molecule is CCC(c1ccccc1)c1c(=O)[nH]c(=O)n2cc(C(=O)NCc3ccc(F)cc3)sc12. The molecule has 0 spiro atoms. The van der Waals surface area contributed by atoms with Crippen molar-refractivity contribution in [3.63, 3.8) is 0 Å². The Morgan fingerprint density at radius 2 is 1.84 bits per heavy atom.